The van der Waals surface area contributed by atoms with Crippen LogP contribution in [0.25, 0.3) is 6.08 Å². The van der Waals surface area contributed by atoms with Crippen LogP contribution >= 0.6 is 24.0 Å². The fourth-order valence-electron chi connectivity index (χ4n) is 3.25. The Morgan fingerprint density at radius 3 is 2.89 bits per heavy atom. The maximum atomic E-state index is 12.9. The molecule has 2 fully saturated rings. The van der Waals surface area contributed by atoms with Gasteiger partial charge in [-0.2, -0.15) is 0 Å². The Hall–Kier alpha value is -2.39. The molecular formula is C19H20N2O5S2. The number of aliphatic carboxylic acids is 1. The van der Waals surface area contributed by atoms with E-state index in [9.17, 15) is 19.5 Å². The third-order valence-electron chi connectivity index (χ3n) is 4.69. The topological polar surface area (TPSA) is 91.1 Å². The van der Waals surface area contributed by atoms with Crippen LogP contribution in [-0.2, 0) is 14.4 Å². The van der Waals surface area contributed by atoms with Crippen molar-refractivity contribution in [2.75, 3.05) is 6.54 Å². The van der Waals surface area contributed by atoms with E-state index >= 15 is 0 Å². The van der Waals surface area contributed by atoms with Crippen LogP contribution in [0.4, 0.5) is 0 Å². The summed E-state index contributed by atoms with van der Waals surface area (Å²) in [7, 11) is 0. The monoisotopic (exact) mass is 420 g/mol. The van der Waals surface area contributed by atoms with E-state index in [-0.39, 0.29) is 10.2 Å². The molecule has 2 amide bonds. The lowest BCUT2D eigenvalue weighted by Gasteiger charge is -2.36. The number of thioether (sulfide) groups is 1. The number of rotatable bonds is 5. The molecule has 2 atom stereocenters. The molecule has 2 unspecified atom stereocenters. The zero-order valence-corrected chi connectivity index (χ0v) is 16.9. The van der Waals surface area contributed by atoms with Gasteiger partial charge in [-0.1, -0.05) is 30.1 Å². The number of thiocarbonyl (C=S) groups is 1. The minimum atomic E-state index is -1.02. The molecule has 0 aromatic carbocycles. The van der Waals surface area contributed by atoms with Crippen LogP contribution in [-0.4, -0.2) is 55.6 Å². The van der Waals surface area contributed by atoms with Crippen molar-refractivity contribution in [3.05, 3.63) is 41.2 Å². The summed E-state index contributed by atoms with van der Waals surface area (Å²) >= 11 is 6.42. The number of hydrogen-bond acceptors (Lipinski definition) is 6. The molecule has 0 radical (unpaired) electrons. The molecule has 2 aliphatic rings. The highest BCUT2D eigenvalue weighted by Gasteiger charge is 2.42. The molecular weight excluding hydrogens is 400 g/mol. The van der Waals surface area contributed by atoms with E-state index in [0.29, 0.717) is 23.6 Å². The van der Waals surface area contributed by atoms with Crippen LogP contribution in [0.1, 0.15) is 31.9 Å². The standard InChI is InChI=1S/C19H20N2O5S2/c1-12(16(22)20-10-3-2-8-14(20)18(24)25)21-17(23)15(28-19(21)27)9-4-6-13-7-5-11-26-13/h4-7,9,11-12,14H,2-3,8,10H2,1H3,(H,24,25). The Morgan fingerprint density at radius 2 is 2.21 bits per heavy atom. The van der Waals surface area contributed by atoms with Crippen molar-refractivity contribution in [1.29, 1.82) is 0 Å². The van der Waals surface area contributed by atoms with Gasteiger partial charge >= 0.3 is 5.97 Å². The number of hydrogen-bond donors (Lipinski definition) is 1. The van der Waals surface area contributed by atoms with E-state index in [1.165, 1.54) is 9.80 Å². The summed E-state index contributed by atoms with van der Waals surface area (Å²) in [6.45, 7) is 1.96. The van der Waals surface area contributed by atoms with E-state index in [0.717, 1.165) is 24.6 Å². The highest BCUT2D eigenvalue weighted by atomic mass is 32.2. The van der Waals surface area contributed by atoms with Gasteiger partial charge < -0.3 is 14.4 Å². The van der Waals surface area contributed by atoms with Crippen LogP contribution < -0.4 is 0 Å². The normalized spacial score (nSPS) is 23.0. The van der Waals surface area contributed by atoms with Crippen molar-refractivity contribution in [3.8, 4) is 0 Å². The first kappa shape index (κ1) is 20.3. The van der Waals surface area contributed by atoms with E-state index < -0.39 is 24.0 Å². The first-order valence-corrected chi connectivity index (χ1v) is 10.1. The maximum Gasteiger partial charge on any atom is 0.326 e. The molecule has 1 N–H and O–H groups in total. The molecule has 3 heterocycles. The van der Waals surface area contributed by atoms with E-state index in [1.54, 1.807) is 43.5 Å². The molecule has 9 heteroatoms. The number of piperidine rings is 1. The van der Waals surface area contributed by atoms with E-state index in [1.807, 2.05) is 0 Å². The van der Waals surface area contributed by atoms with Gasteiger partial charge in [-0.3, -0.25) is 14.5 Å². The van der Waals surface area contributed by atoms with Gasteiger partial charge in [-0.05, 0) is 50.5 Å². The fourth-order valence-corrected chi connectivity index (χ4v) is 4.62. The second-order valence-corrected chi connectivity index (χ2v) is 8.18. The molecule has 1 aromatic rings. The SMILES string of the molecule is CC(C(=O)N1CCCCC1C(=O)O)N1C(=O)C(=CC=Cc2ccco2)SC1=S. The van der Waals surface area contributed by atoms with Gasteiger partial charge in [0.2, 0.25) is 5.91 Å². The number of carboxylic acid groups (broad SMARTS) is 1. The Bertz CT molecular complexity index is 847. The summed E-state index contributed by atoms with van der Waals surface area (Å²) in [5, 5.41) is 9.40. The molecule has 148 valence electrons. The molecule has 7 nitrogen and oxygen atoms in total. The van der Waals surface area contributed by atoms with Crippen LogP contribution in [0.3, 0.4) is 0 Å². The summed E-state index contributed by atoms with van der Waals surface area (Å²) in [5.41, 5.74) is 0. The third kappa shape index (κ3) is 4.20. The summed E-state index contributed by atoms with van der Waals surface area (Å²) in [4.78, 5) is 40.2. The van der Waals surface area contributed by atoms with Gasteiger partial charge in [0.25, 0.3) is 5.91 Å². The first-order chi connectivity index (χ1) is 13.4. The van der Waals surface area contributed by atoms with Crippen LogP contribution in [0.5, 0.6) is 0 Å². The first-order valence-electron chi connectivity index (χ1n) is 8.90. The number of carbonyl (C=O) groups excluding carboxylic acids is 2. The number of likely N-dealkylation sites (tertiary alicyclic amines) is 1. The smallest absolute Gasteiger partial charge is 0.326 e. The van der Waals surface area contributed by atoms with Gasteiger partial charge in [0.15, 0.2) is 0 Å². The number of allylic oxidation sites excluding steroid dienone is 2. The molecule has 2 saturated heterocycles. The Labute approximate surface area is 172 Å². The summed E-state index contributed by atoms with van der Waals surface area (Å²) in [6, 6.07) is 1.84. The van der Waals surface area contributed by atoms with Crippen molar-refractivity contribution in [2.24, 2.45) is 0 Å². The van der Waals surface area contributed by atoms with E-state index in [4.69, 9.17) is 16.6 Å². The van der Waals surface area contributed by atoms with E-state index in [2.05, 4.69) is 0 Å². The highest BCUT2D eigenvalue weighted by molar-refractivity contribution is 8.26. The maximum absolute atomic E-state index is 12.9. The quantitative estimate of drug-likeness (QED) is 0.578. The van der Waals surface area contributed by atoms with Crippen molar-refractivity contribution in [3.63, 3.8) is 0 Å². The summed E-state index contributed by atoms with van der Waals surface area (Å²) in [6.07, 6.45) is 8.51. The number of furan rings is 1. The largest absolute Gasteiger partial charge is 0.480 e. The van der Waals surface area contributed by atoms with Crippen LogP contribution in [0.15, 0.2) is 39.9 Å². The zero-order chi connectivity index (χ0) is 20.3. The van der Waals surface area contributed by atoms with Crippen molar-refractivity contribution in [2.45, 2.75) is 38.3 Å². The zero-order valence-electron chi connectivity index (χ0n) is 15.2. The lowest BCUT2D eigenvalue weighted by atomic mass is 10.0. The molecule has 28 heavy (non-hydrogen) atoms. The fraction of sp³-hybridized carbons (Fsp3) is 0.368. The van der Waals surface area contributed by atoms with Gasteiger partial charge in [-0.15, -0.1) is 0 Å². The van der Waals surface area contributed by atoms with Crippen molar-refractivity contribution < 1.29 is 23.9 Å². The predicted octanol–water partition coefficient (Wildman–Crippen LogP) is 2.89. The molecule has 3 rings (SSSR count). The average molecular weight is 421 g/mol. The minimum absolute atomic E-state index is 0.285. The van der Waals surface area contributed by atoms with Gasteiger partial charge in [0.05, 0.1) is 11.2 Å². The summed E-state index contributed by atoms with van der Waals surface area (Å²) in [5.74, 6) is -1.12. The number of amides is 2. The lowest BCUT2D eigenvalue weighted by Crippen LogP contribution is -2.55. The molecule has 0 spiro atoms. The third-order valence-corrected chi connectivity index (χ3v) is 6.04. The van der Waals surface area contributed by atoms with Crippen molar-refractivity contribution >= 4 is 52.2 Å². The summed E-state index contributed by atoms with van der Waals surface area (Å²) < 4.78 is 5.48. The average Bonchev–Trinajstić information content (AvgIpc) is 3.29. The second-order valence-electron chi connectivity index (χ2n) is 6.51. The van der Waals surface area contributed by atoms with Crippen LogP contribution in [0, 0.1) is 0 Å². The molecule has 0 bridgehead atoms. The predicted molar refractivity (Wildman–Crippen MR) is 109 cm³/mol. The number of carboxylic acids is 1. The van der Waals surface area contributed by atoms with Crippen LogP contribution in [0.2, 0.25) is 0 Å². The van der Waals surface area contributed by atoms with Crippen molar-refractivity contribution in [1.82, 2.24) is 9.80 Å². The minimum Gasteiger partial charge on any atom is -0.480 e. The molecule has 0 aliphatic carbocycles. The van der Waals surface area contributed by atoms with Gasteiger partial charge in [-0.25, -0.2) is 4.79 Å². The molecule has 1 aromatic heterocycles. The molecule has 2 aliphatic heterocycles. The Balaban J connectivity index is 1.73. The van der Waals surface area contributed by atoms with Gasteiger partial charge in [0, 0.05) is 6.54 Å². The molecule has 0 saturated carbocycles. The Morgan fingerprint density at radius 1 is 1.43 bits per heavy atom. The Kier molecular flexibility index (Phi) is 6.35. The highest BCUT2D eigenvalue weighted by Crippen LogP contribution is 2.33. The number of carbonyl (C=O) groups is 3. The number of nitrogens with zero attached hydrogens (tertiary/aromatic N) is 2. The lowest BCUT2D eigenvalue weighted by molar-refractivity contribution is -0.154. The van der Waals surface area contributed by atoms with Gasteiger partial charge in [0.1, 0.15) is 22.2 Å². The second kappa shape index (κ2) is 8.74.